The minimum Gasteiger partial charge on any atom is -0.467 e. The number of rotatable bonds is 10. The van der Waals surface area contributed by atoms with E-state index >= 15 is 0 Å². The first-order chi connectivity index (χ1) is 14.0. The summed E-state index contributed by atoms with van der Waals surface area (Å²) in [5.41, 5.74) is 0.328. The second-order valence-electron chi connectivity index (χ2n) is 7.97. The highest BCUT2D eigenvalue weighted by Crippen LogP contribution is 2.12. The van der Waals surface area contributed by atoms with Crippen molar-refractivity contribution in [2.75, 3.05) is 7.11 Å². The van der Waals surface area contributed by atoms with Gasteiger partial charge in [0.15, 0.2) is 0 Å². The molecule has 0 saturated carbocycles. The van der Waals surface area contributed by atoms with Crippen LogP contribution in [0.25, 0.3) is 0 Å². The Morgan fingerprint density at radius 1 is 0.933 bits per heavy atom. The van der Waals surface area contributed by atoms with E-state index < -0.39 is 29.5 Å². The molecule has 8 heteroatoms. The lowest BCUT2D eigenvalue weighted by Crippen LogP contribution is -2.42. The van der Waals surface area contributed by atoms with Crippen LogP contribution in [0, 0.1) is 0 Å². The molecule has 2 N–H and O–H groups in total. The average molecular weight is 421 g/mol. The molecule has 0 unspecified atom stereocenters. The lowest BCUT2D eigenvalue weighted by molar-refractivity contribution is -0.155. The van der Waals surface area contributed by atoms with E-state index in [0.29, 0.717) is 0 Å². The fraction of sp³-hybridized carbons (Fsp3) is 0.545. The largest absolute Gasteiger partial charge is 0.467 e. The topological polar surface area (TPSA) is 111 Å². The third kappa shape index (κ3) is 10.0. The van der Waals surface area contributed by atoms with Gasteiger partial charge in [-0.2, -0.15) is 0 Å². The van der Waals surface area contributed by atoms with Crippen molar-refractivity contribution >= 4 is 23.8 Å². The zero-order chi connectivity index (χ0) is 22.7. The SMILES string of the molecule is COC(=O)[C@@H](CCC(=O)OC(C)(C)C)NC(=O)CCC(=O)N[C@H](C)c1ccccc1. The number of hydrogen-bond acceptors (Lipinski definition) is 6. The van der Waals surface area contributed by atoms with Crippen molar-refractivity contribution in [1.29, 1.82) is 0 Å². The maximum Gasteiger partial charge on any atom is 0.328 e. The second-order valence-corrected chi connectivity index (χ2v) is 7.97. The first kappa shape index (κ1) is 25.1. The summed E-state index contributed by atoms with van der Waals surface area (Å²) in [4.78, 5) is 48.1. The van der Waals surface area contributed by atoms with Crippen molar-refractivity contribution in [2.45, 2.75) is 71.1 Å². The van der Waals surface area contributed by atoms with Gasteiger partial charge in [0.2, 0.25) is 11.8 Å². The van der Waals surface area contributed by atoms with Crippen molar-refractivity contribution in [1.82, 2.24) is 10.6 Å². The molecule has 0 spiro atoms. The van der Waals surface area contributed by atoms with Gasteiger partial charge >= 0.3 is 11.9 Å². The average Bonchev–Trinajstić information content (AvgIpc) is 2.68. The van der Waals surface area contributed by atoms with E-state index in [-0.39, 0.29) is 37.6 Å². The molecule has 1 aromatic carbocycles. The smallest absolute Gasteiger partial charge is 0.328 e. The van der Waals surface area contributed by atoms with Crippen LogP contribution in [-0.4, -0.2) is 42.5 Å². The van der Waals surface area contributed by atoms with E-state index in [2.05, 4.69) is 15.4 Å². The molecule has 0 aliphatic carbocycles. The van der Waals surface area contributed by atoms with Crippen molar-refractivity contribution < 1.29 is 28.7 Å². The minimum absolute atomic E-state index is 0.0248. The quantitative estimate of drug-likeness (QED) is 0.563. The van der Waals surface area contributed by atoms with Crippen LogP contribution in [0.15, 0.2) is 30.3 Å². The summed E-state index contributed by atoms with van der Waals surface area (Å²) in [6.07, 6.45) is -0.118. The van der Waals surface area contributed by atoms with Gasteiger partial charge in [-0.05, 0) is 39.7 Å². The lowest BCUT2D eigenvalue weighted by Gasteiger charge is -2.21. The molecular weight excluding hydrogens is 388 g/mol. The van der Waals surface area contributed by atoms with Crippen LogP contribution < -0.4 is 10.6 Å². The number of ether oxygens (including phenoxy) is 2. The molecule has 0 aliphatic heterocycles. The van der Waals surface area contributed by atoms with E-state index in [1.807, 2.05) is 37.3 Å². The summed E-state index contributed by atoms with van der Waals surface area (Å²) in [6, 6.07) is 8.31. The molecule has 166 valence electrons. The highest BCUT2D eigenvalue weighted by Gasteiger charge is 2.24. The first-order valence-corrected chi connectivity index (χ1v) is 9.95. The molecule has 0 heterocycles. The zero-order valence-corrected chi connectivity index (χ0v) is 18.3. The maximum absolute atomic E-state index is 12.2. The molecular formula is C22H32N2O6. The maximum atomic E-state index is 12.2. The third-order valence-corrected chi connectivity index (χ3v) is 4.13. The predicted octanol–water partition coefficient (Wildman–Crippen LogP) is 2.42. The van der Waals surface area contributed by atoms with Gasteiger partial charge < -0.3 is 20.1 Å². The van der Waals surface area contributed by atoms with Crippen molar-refractivity contribution in [3.63, 3.8) is 0 Å². The van der Waals surface area contributed by atoms with Crippen molar-refractivity contribution in [3.05, 3.63) is 35.9 Å². The highest BCUT2D eigenvalue weighted by molar-refractivity contribution is 5.87. The molecule has 2 atom stereocenters. The molecule has 0 saturated heterocycles. The van der Waals surface area contributed by atoms with Gasteiger partial charge in [-0.1, -0.05) is 30.3 Å². The summed E-state index contributed by atoms with van der Waals surface area (Å²) in [7, 11) is 1.20. The Balaban J connectivity index is 2.48. The van der Waals surface area contributed by atoms with Crippen LogP contribution in [0.3, 0.4) is 0 Å². The minimum atomic E-state index is -0.985. The Morgan fingerprint density at radius 2 is 1.50 bits per heavy atom. The summed E-state index contributed by atoms with van der Waals surface area (Å²) >= 11 is 0. The van der Waals surface area contributed by atoms with Crippen LogP contribution in [0.4, 0.5) is 0 Å². The van der Waals surface area contributed by atoms with Crippen LogP contribution in [-0.2, 0) is 28.7 Å². The Bertz CT molecular complexity index is 727. The van der Waals surface area contributed by atoms with Crippen molar-refractivity contribution in [3.8, 4) is 0 Å². The highest BCUT2D eigenvalue weighted by atomic mass is 16.6. The zero-order valence-electron chi connectivity index (χ0n) is 18.3. The van der Waals surface area contributed by atoms with Gasteiger partial charge in [0.1, 0.15) is 11.6 Å². The van der Waals surface area contributed by atoms with Crippen LogP contribution in [0.1, 0.15) is 65.0 Å². The summed E-state index contributed by atoms with van der Waals surface area (Å²) in [5, 5.41) is 5.35. The molecule has 30 heavy (non-hydrogen) atoms. The van der Waals surface area contributed by atoms with Crippen molar-refractivity contribution in [2.24, 2.45) is 0 Å². The van der Waals surface area contributed by atoms with E-state index in [0.717, 1.165) is 5.56 Å². The number of methoxy groups -OCH3 is 1. The van der Waals surface area contributed by atoms with E-state index in [4.69, 9.17) is 4.74 Å². The third-order valence-electron chi connectivity index (χ3n) is 4.13. The Labute approximate surface area is 177 Å². The monoisotopic (exact) mass is 420 g/mol. The molecule has 8 nitrogen and oxygen atoms in total. The number of nitrogens with one attached hydrogen (secondary N) is 2. The number of hydrogen-bond donors (Lipinski definition) is 2. The summed E-state index contributed by atoms with van der Waals surface area (Å²) < 4.78 is 9.89. The number of carbonyl (C=O) groups excluding carboxylic acids is 4. The summed E-state index contributed by atoms with van der Waals surface area (Å²) in [5.74, 6) is -1.88. The van der Waals surface area contributed by atoms with Crippen LogP contribution in [0.5, 0.6) is 0 Å². The number of amides is 2. The predicted molar refractivity (Wildman–Crippen MR) is 111 cm³/mol. The van der Waals surface area contributed by atoms with Gasteiger partial charge in [-0.15, -0.1) is 0 Å². The van der Waals surface area contributed by atoms with Crippen LogP contribution >= 0.6 is 0 Å². The standard InChI is InChI=1S/C22H32N2O6/c1-15(16-9-7-6-8-10-16)23-18(25)12-13-19(26)24-17(21(28)29-5)11-14-20(27)30-22(2,3)4/h6-10,15,17H,11-14H2,1-5H3,(H,23,25)(H,24,26)/t15-,17-/m1/s1. The molecule has 1 rings (SSSR count). The van der Waals surface area contributed by atoms with Gasteiger partial charge in [0, 0.05) is 19.3 Å². The Morgan fingerprint density at radius 3 is 2.03 bits per heavy atom. The molecule has 0 fully saturated rings. The lowest BCUT2D eigenvalue weighted by atomic mass is 10.1. The van der Waals surface area contributed by atoms with Crippen LogP contribution in [0.2, 0.25) is 0 Å². The van der Waals surface area contributed by atoms with E-state index in [1.54, 1.807) is 20.8 Å². The Hall–Kier alpha value is -2.90. The van der Waals surface area contributed by atoms with Gasteiger partial charge in [0.05, 0.1) is 13.2 Å². The fourth-order valence-corrected chi connectivity index (χ4v) is 2.68. The molecule has 0 bridgehead atoms. The molecule has 0 radical (unpaired) electrons. The fourth-order valence-electron chi connectivity index (χ4n) is 2.68. The first-order valence-electron chi connectivity index (χ1n) is 9.95. The van der Waals surface area contributed by atoms with Gasteiger partial charge in [-0.3, -0.25) is 14.4 Å². The molecule has 0 aliphatic rings. The van der Waals surface area contributed by atoms with E-state index in [1.165, 1.54) is 7.11 Å². The molecule has 0 aromatic heterocycles. The second kappa shape index (κ2) is 11.9. The van der Waals surface area contributed by atoms with E-state index in [9.17, 15) is 19.2 Å². The number of carbonyl (C=O) groups is 4. The molecule has 2 amide bonds. The number of esters is 2. The Kier molecular flexibility index (Phi) is 10.0. The molecule has 1 aromatic rings. The number of benzene rings is 1. The van der Waals surface area contributed by atoms with Gasteiger partial charge in [0.25, 0.3) is 0 Å². The summed E-state index contributed by atoms with van der Waals surface area (Å²) in [6.45, 7) is 7.09. The normalized spacial score (nSPS) is 13.0. The van der Waals surface area contributed by atoms with Gasteiger partial charge in [-0.25, -0.2) is 4.79 Å².